The van der Waals surface area contributed by atoms with Crippen LogP contribution in [-0.2, 0) is 9.53 Å². The Kier molecular flexibility index (Phi) is 7.14. The molecule has 1 N–H and O–H groups in total. The van der Waals surface area contributed by atoms with Crippen LogP contribution in [0, 0.1) is 11.3 Å². The van der Waals surface area contributed by atoms with Gasteiger partial charge in [0.1, 0.15) is 6.04 Å². The highest BCUT2D eigenvalue weighted by Crippen LogP contribution is 2.33. The molecule has 0 spiro atoms. The molecule has 0 saturated carbocycles. The number of hydrogen-bond acceptors (Lipinski definition) is 4. The van der Waals surface area contributed by atoms with E-state index in [4.69, 9.17) is 4.74 Å². The first kappa shape index (κ1) is 18.4. The van der Waals surface area contributed by atoms with Crippen molar-refractivity contribution in [3.05, 3.63) is 0 Å². The zero-order valence-electron chi connectivity index (χ0n) is 14.7. The van der Waals surface area contributed by atoms with Gasteiger partial charge in [-0.2, -0.15) is 0 Å². The van der Waals surface area contributed by atoms with E-state index < -0.39 is 0 Å². The van der Waals surface area contributed by atoms with Gasteiger partial charge in [-0.15, -0.1) is 0 Å². The van der Waals surface area contributed by atoms with E-state index in [2.05, 4.69) is 44.8 Å². The van der Waals surface area contributed by atoms with Crippen molar-refractivity contribution >= 4 is 5.97 Å². The van der Waals surface area contributed by atoms with E-state index in [9.17, 15) is 4.79 Å². The zero-order chi connectivity index (χ0) is 16.0. The van der Waals surface area contributed by atoms with Gasteiger partial charge in [0.2, 0.25) is 0 Å². The lowest BCUT2D eigenvalue weighted by Gasteiger charge is -2.27. The molecule has 1 rings (SSSR count). The van der Waals surface area contributed by atoms with Crippen LogP contribution < -0.4 is 5.32 Å². The van der Waals surface area contributed by atoms with E-state index in [0.717, 1.165) is 32.0 Å². The maximum absolute atomic E-state index is 12.0. The average molecular weight is 298 g/mol. The minimum absolute atomic E-state index is 0.113. The minimum Gasteiger partial charge on any atom is -0.465 e. The standard InChI is InChI=1S/C17H34N2O2/c1-7-21-16(20)15(18-13(2)3)9-11-19-10-8-14(12-19)17(4,5)6/h13-15,18H,7-12H2,1-6H3. The Bertz CT molecular complexity index is 323. The third-order valence-corrected chi connectivity index (χ3v) is 4.34. The average Bonchev–Trinajstić information content (AvgIpc) is 2.82. The van der Waals surface area contributed by atoms with Crippen LogP contribution in [0.2, 0.25) is 0 Å². The van der Waals surface area contributed by atoms with Crippen LogP contribution in [0.3, 0.4) is 0 Å². The zero-order valence-corrected chi connectivity index (χ0v) is 14.7. The molecule has 0 radical (unpaired) electrons. The maximum atomic E-state index is 12.0. The quantitative estimate of drug-likeness (QED) is 0.734. The summed E-state index contributed by atoms with van der Waals surface area (Å²) in [5, 5.41) is 3.33. The summed E-state index contributed by atoms with van der Waals surface area (Å²) in [7, 11) is 0. The highest BCUT2D eigenvalue weighted by molar-refractivity contribution is 5.75. The van der Waals surface area contributed by atoms with Crippen molar-refractivity contribution in [1.82, 2.24) is 10.2 Å². The molecular formula is C17H34N2O2. The van der Waals surface area contributed by atoms with Crippen molar-refractivity contribution in [2.75, 3.05) is 26.2 Å². The Balaban J connectivity index is 2.45. The van der Waals surface area contributed by atoms with Crippen molar-refractivity contribution in [3.8, 4) is 0 Å². The maximum Gasteiger partial charge on any atom is 0.323 e. The van der Waals surface area contributed by atoms with Gasteiger partial charge in [0.15, 0.2) is 0 Å². The van der Waals surface area contributed by atoms with Crippen LogP contribution in [-0.4, -0.2) is 49.2 Å². The van der Waals surface area contributed by atoms with E-state index in [0.29, 0.717) is 18.1 Å². The molecule has 124 valence electrons. The summed E-state index contributed by atoms with van der Waals surface area (Å²) < 4.78 is 5.18. The molecule has 0 aromatic rings. The van der Waals surface area contributed by atoms with Gasteiger partial charge in [0.25, 0.3) is 0 Å². The molecule has 0 aromatic heterocycles. The molecule has 4 nitrogen and oxygen atoms in total. The van der Waals surface area contributed by atoms with E-state index in [1.807, 2.05) is 6.92 Å². The van der Waals surface area contributed by atoms with Crippen LogP contribution in [0.4, 0.5) is 0 Å². The largest absolute Gasteiger partial charge is 0.465 e. The monoisotopic (exact) mass is 298 g/mol. The lowest BCUT2D eigenvalue weighted by molar-refractivity contribution is -0.146. The van der Waals surface area contributed by atoms with Crippen molar-refractivity contribution in [2.24, 2.45) is 11.3 Å². The van der Waals surface area contributed by atoms with Gasteiger partial charge in [-0.05, 0) is 37.6 Å². The Hall–Kier alpha value is -0.610. The molecule has 4 heteroatoms. The smallest absolute Gasteiger partial charge is 0.323 e. The van der Waals surface area contributed by atoms with Crippen LogP contribution in [0.25, 0.3) is 0 Å². The lowest BCUT2D eigenvalue weighted by atomic mass is 9.80. The predicted molar refractivity (Wildman–Crippen MR) is 87.3 cm³/mol. The number of ether oxygens (including phenoxy) is 1. The van der Waals surface area contributed by atoms with Gasteiger partial charge in [-0.3, -0.25) is 4.79 Å². The number of carbonyl (C=O) groups excluding carboxylic acids is 1. The fourth-order valence-electron chi connectivity index (χ4n) is 2.97. The second-order valence-corrected chi connectivity index (χ2v) is 7.57. The SMILES string of the molecule is CCOC(=O)C(CCN1CCC(C(C)(C)C)C1)NC(C)C. The molecule has 1 fully saturated rings. The molecule has 1 saturated heterocycles. The van der Waals surface area contributed by atoms with E-state index in [1.165, 1.54) is 6.42 Å². The number of carbonyl (C=O) groups is 1. The number of hydrogen-bond donors (Lipinski definition) is 1. The Morgan fingerprint density at radius 2 is 2.05 bits per heavy atom. The summed E-state index contributed by atoms with van der Waals surface area (Å²) in [6, 6.07) is 0.110. The summed E-state index contributed by atoms with van der Waals surface area (Å²) in [5.41, 5.74) is 0.380. The van der Waals surface area contributed by atoms with Gasteiger partial charge in [-0.25, -0.2) is 0 Å². The third-order valence-electron chi connectivity index (χ3n) is 4.34. The van der Waals surface area contributed by atoms with Gasteiger partial charge in [0, 0.05) is 19.1 Å². The first-order chi connectivity index (χ1) is 9.74. The molecule has 0 amide bonds. The number of esters is 1. The summed E-state index contributed by atoms with van der Waals surface area (Å²) in [6.45, 7) is 16.7. The predicted octanol–water partition coefficient (Wildman–Crippen LogP) is 2.67. The van der Waals surface area contributed by atoms with E-state index in [1.54, 1.807) is 0 Å². The summed E-state index contributed by atoms with van der Waals surface area (Å²) in [5.74, 6) is 0.648. The fraction of sp³-hybridized carbons (Fsp3) is 0.941. The molecule has 0 bridgehead atoms. The first-order valence-electron chi connectivity index (χ1n) is 8.39. The highest BCUT2D eigenvalue weighted by Gasteiger charge is 2.32. The highest BCUT2D eigenvalue weighted by atomic mass is 16.5. The Morgan fingerprint density at radius 3 is 2.52 bits per heavy atom. The van der Waals surface area contributed by atoms with E-state index in [-0.39, 0.29) is 12.0 Å². The molecular weight excluding hydrogens is 264 g/mol. The molecule has 1 heterocycles. The number of likely N-dealkylation sites (tertiary alicyclic amines) is 1. The van der Waals surface area contributed by atoms with Crippen LogP contribution in [0.5, 0.6) is 0 Å². The molecule has 21 heavy (non-hydrogen) atoms. The lowest BCUT2D eigenvalue weighted by Crippen LogP contribution is -2.44. The van der Waals surface area contributed by atoms with Gasteiger partial charge in [-0.1, -0.05) is 34.6 Å². The van der Waals surface area contributed by atoms with Crippen LogP contribution in [0.15, 0.2) is 0 Å². The van der Waals surface area contributed by atoms with Crippen molar-refractivity contribution in [3.63, 3.8) is 0 Å². The normalized spacial score (nSPS) is 21.8. The van der Waals surface area contributed by atoms with Gasteiger partial charge in [0.05, 0.1) is 6.61 Å². The Labute approximate surface area is 130 Å². The molecule has 1 aliphatic rings. The van der Waals surface area contributed by atoms with Gasteiger partial charge < -0.3 is 15.0 Å². The number of nitrogens with one attached hydrogen (secondary N) is 1. The summed E-state index contributed by atoms with van der Waals surface area (Å²) in [4.78, 5) is 14.5. The molecule has 2 unspecified atom stereocenters. The van der Waals surface area contributed by atoms with Crippen LogP contribution in [0.1, 0.15) is 54.4 Å². The Morgan fingerprint density at radius 1 is 1.38 bits per heavy atom. The number of nitrogens with zero attached hydrogens (tertiary/aromatic N) is 1. The number of rotatable bonds is 7. The second kappa shape index (κ2) is 8.14. The second-order valence-electron chi connectivity index (χ2n) is 7.57. The molecule has 0 aromatic carbocycles. The third kappa shape index (κ3) is 6.35. The topological polar surface area (TPSA) is 41.6 Å². The first-order valence-corrected chi connectivity index (χ1v) is 8.39. The molecule has 2 atom stereocenters. The van der Waals surface area contributed by atoms with E-state index >= 15 is 0 Å². The van der Waals surface area contributed by atoms with Crippen molar-refractivity contribution in [2.45, 2.75) is 66.5 Å². The van der Waals surface area contributed by atoms with Crippen molar-refractivity contribution < 1.29 is 9.53 Å². The molecule has 0 aliphatic carbocycles. The summed E-state index contributed by atoms with van der Waals surface area (Å²) >= 11 is 0. The minimum atomic E-state index is -0.182. The fourth-order valence-corrected chi connectivity index (χ4v) is 2.97. The summed E-state index contributed by atoms with van der Waals surface area (Å²) in [6.07, 6.45) is 2.10. The van der Waals surface area contributed by atoms with Crippen LogP contribution >= 0.6 is 0 Å². The molecule has 1 aliphatic heterocycles. The van der Waals surface area contributed by atoms with Gasteiger partial charge >= 0.3 is 5.97 Å². The van der Waals surface area contributed by atoms with Crippen molar-refractivity contribution in [1.29, 1.82) is 0 Å².